The van der Waals surface area contributed by atoms with E-state index in [0.717, 1.165) is 32.4 Å². The summed E-state index contributed by atoms with van der Waals surface area (Å²) in [4.78, 5) is 45.4. The van der Waals surface area contributed by atoms with Gasteiger partial charge in [0.15, 0.2) is 0 Å². The zero-order valence-electron chi connectivity index (χ0n) is 16.7. The summed E-state index contributed by atoms with van der Waals surface area (Å²) in [5, 5.41) is -0.0196. The molecule has 0 radical (unpaired) electrons. The number of thioether (sulfide) groups is 1. The van der Waals surface area contributed by atoms with E-state index in [1.54, 1.807) is 0 Å². The second-order valence-corrected chi connectivity index (χ2v) is 9.89. The van der Waals surface area contributed by atoms with E-state index < -0.39 is 22.9 Å². The maximum Gasteiger partial charge on any atom is 0.305 e. The summed E-state index contributed by atoms with van der Waals surface area (Å²) < 4.78 is 13.4. The molecular formula is C22H18FN3O3S2. The Morgan fingerprint density at radius 3 is 2.29 bits per heavy atom. The fourth-order valence-corrected chi connectivity index (χ4v) is 6.72. The topological polar surface area (TPSA) is 73.5 Å². The van der Waals surface area contributed by atoms with E-state index in [1.807, 2.05) is 43.3 Å². The molecule has 9 heteroatoms. The summed E-state index contributed by atoms with van der Waals surface area (Å²) in [6.45, 7) is 0. The third-order valence-corrected chi connectivity index (χ3v) is 8.08. The number of fused-ring (bicyclic) bond motifs is 2. The molecule has 1 N–H and O–H groups in total. The number of rotatable bonds is 3. The van der Waals surface area contributed by atoms with Gasteiger partial charge in [-0.3, -0.25) is 14.4 Å². The largest absolute Gasteiger partial charge is 0.378 e. The lowest BCUT2D eigenvalue weighted by atomic mass is 9.83. The van der Waals surface area contributed by atoms with E-state index in [4.69, 9.17) is 0 Å². The highest BCUT2D eigenvalue weighted by Crippen LogP contribution is 2.53. The van der Waals surface area contributed by atoms with Crippen molar-refractivity contribution in [2.75, 3.05) is 23.9 Å². The van der Waals surface area contributed by atoms with Gasteiger partial charge in [-0.1, -0.05) is 35.2 Å². The first kappa shape index (κ1) is 20.0. The van der Waals surface area contributed by atoms with Gasteiger partial charge in [0.1, 0.15) is 11.1 Å². The molecule has 1 aromatic heterocycles. The average molecular weight is 456 g/mol. The number of halogens is 1. The van der Waals surface area contributed by atoms with Crippen molar-refractivity contribution in [2.24, 2.45) is 5.92 Å². The second-order valence-electron chi connectivity index (χ2n) is 7.72. The monoisotopic (exact) mass is 455 g/mol. The van der Waals surface area contributed by atoms with Crippen LogP contribution in [0, 0.1) is 11.7 Å². The molecule has 2 unspecified atom stereocenters. The molecule has 3 aromatic rings. The Morgan fingerprint density at radius 1 is 0.968 bits per heavy atom. The van der Waals surface area contributed by atoms with Crippen LogP contribution in [-0.4, -0.2) is 36.1 Å². The fourth-order valence-electron chi connectivity index (χ4n) is 4.20. The van der Waals surface area contributed by atoms with E-state index >= 15 is 0 Å². The van der Waals surface area contributed by atoms with Crippen LogP contribution in [0.25, 0.3) is 0 Å². The molecule has 1 saturated heterocycles. The predicted octanol–water partition coefficient (Wildman–Crippen LogP) is 3.44. The van der Waals surface area contributed by atoms with Gasteiger partial charge in [-0.05, 0) is 42.0 Å². The number of H-pyrrole nitrogens is 1. The van der Waals surface area contributed by atoms with Gasteiger partial charge < -0.3 is 9.88 Å². The van der Waals surface area contributed by atoms with Crippen molar-refractivity contribution in [3.63, 3.8) is 0 Å². The average Bonchev–Trinajstić information content (AvgIpc) is 3.24. The molecule has 2 aromatic carbocycles. The minimum absolute atomic E-state index is 0.206. The van der Waals surface area contributed by atoms with Crippen molar-refractivity contribution < 1.29 is 14.0 Å². The molecule has 2 aliphatic heterocycles. The van der Waals surface area contributed by atoms with Crippen LogP contribution >= 0.6 is 23.1 Å². The highest BCUT2D eigenvalue weighted by molar-refractivity contribution is 8.00. The summed E-state index contributed by atoms with van der Waals surface area (Å²) in [6.07, 6.45) is 0. The third kappa shape index (κ3) is 3.19. The molecule has 5 rings (SSSR count). The predicted molar refractivity (Wildman–Crippen MR) is 120 cm³/mol. The number of carbonyl (C=O) groups is 2. The van der Waals surface area contributed by atoms with Crippen molar-refractivity contribution in [1.29, 1.82) is 0 Å². The van der Waals surface area contributed by atoms with Crippen molar-refractivity contribution >= 4 is 46.3 Å². The Labute approximate surface area is 185 Å². The number of hydrogen-bond donors (Lipinski definition) is 1. The Hall–Kier alpha value is -2.91. The lowest BCUT2D eigenvalue weighted by Gasteiger charge is -2.30. The standard InChI is InChI=1S/C22H18FN3O3S2/c1-25(2)13-7-3-11(4-8-13)15-16-18(30-19-17(15)31-22(29)24-19)21(28)26(20(16)27)14-9-5-12(23)6-10-14/h3-10,15-16,18H,1-2H3,(H,24,29)/t15-,16?,18?/m1/s1. The molecule has 1 fully saturated rings. The van der Waals surface area contributed by atoms with Crippen molar-refractivity contribution in [3.8, 4) is 0 Å². The van der Waals surface area contributed by atoms with Gasteiger partial charge in [0.05, 0.1) is 16.6 Å². The van der Waals surface area contributed by atoms with Crippen molar-refractivity contribution in [2.45, 2.75) is 16.2 Å². The number of aromatic amines is 1. The van der Waals surface area contributed by atoms with E-state index in [9.17, 15) is 18.8 Å². The SMILES string of the molecule is CN(C)c1ccc([C@H]2c3sc(=O)[nH]c3SC3C(=O)N(c4ccc(F)cc4)C(=O)C32)cc1. The smallest absolute Gasteiger partial charge is 0.305 e. The summed E-state index contributed by atoms with van der Waals surface area (Å²) in [5.74, 6) is -2.18. The lowest BCUT2D eigenvalue weighted by molar-refractivity contribution is -0.122. The van der Waals surface area contributed by atoms with Gasteiger partial charge in [0.2, 0.25) is 11.8 Å². The number of benzene rings is 2. The number of aromatic nitrogens is 1. The molecule has 31 heavy (non-hydrogen) atoms. The van der Waals surface area contributed by atoms with Crippen LogP contribution in [0.5, 0.6) is 0 Å². The summed E-state index contributed by atoms with van der Waals surface area (Å²) in [6, 6.07) is 13.1. The number of hydrogen-bond acceptors (Lipinski definition) is 6. The molecule has 3 atom stereocenters. The first-order chi connectivity index (χ1) is 14.8. The minimum atomic E-state index is -0.658. The lowest BCUT2D eigenvalue weighted by Crippen LogP contribution is -2.32. The van der Waals surface area contributed by atoms with Gasteiger partial charge in [-0.25, -0.2) is 9.29 Å². The van der Waals surface area contributed by atoms with Crippen LogP contribution in [0.4, 0.5) is 15.8 Å². The summed E-state index contributed by atoms with van der Waals surface area (Å²) in [7, 11) is 3.89. The summed E-state index contributed by atoms with van der Waals surface area (Å²) in [5.41, 5.74) is 2.24. The van der Waals surface area contributed by atoms with Gasteiger partial charge in [0.25, 0.3) is 0 Å². The molecule has 0 bridgehead atoms. The van der Waals surface area contributed by atoms with E-state index in [1.165, 1.54) is 36.0 Å². The number of carbonyl (C=O) groups excluding carboxylic acids is 2. The zero-order valence-corrected chi connectivity index (χ0v) is 18.3. The molecule has 158 valence electrons. The van der Waals surface area contributed by atoms with Gasteiger partial charge in [-0.2, -0.15) is 0 Å². The molecule has 0 spiro atoms. The molecule has 6 nitrogen and oxygen atoms in total. The maximum atomic E-state index is 13.5. The van der Waals surface area contributed by atoms with Crippen LogP contribution < -0.4 is 14.7 Å². The van der Waals surface area contributed by atoms with Crippen LogP contribution in [0.3, 0.4) is 0 Å². The fraction of sp³-hybridized carbons (Fsp3) is 0.227. The van der Waals surface area contributed by atoms with Gasteiger partial charge in [-0.15, -0.1) is 0 Å². The number of imide groups is 1. The van der Waals surface area contributed by atoms with E-state index in [2.05, 4.69) is 4.98 Å². The Bertz CT molecular complexity index is 1230. The number of anilines is 2. The van der Waals surface area contributed by atoms with Gasteiger partial charge >= 0.3 is 4.87 Å². The quantitative estimate of drug-likeness (QED) is 0.613. The van der Waals surface area contributed by atoms with Gasteiger partial charge in [0, 0.05) is 30.6 Å². The number of amides is 2. The molecular weight excluding hydrogens is 437 g/mol. The molecule has 0 saturated carbocycles. The Kier molecular flexibility index (Phi) is 4.75. The molecule has 2 aliphatic rings. The number of nitrogens with one attached hydrogen (secondary N) is 1. The number of nitrogens with zero attached hydrogens (tertiary/aromatic N) is 2. The Balaban J connectivity index is 1.62. The van der Waals surface area contributed by atoms with Crippen LogP contribution in [0.1, 0.15) is 16.4 Å². The zero-order chi connectivity index (χ0) is 21.9. The van der Waals surface area contributed by atoms with Crippen LogP contribution in [-0.2, 0) is 9.59 Å². The van der Waals surface area contributed by atoms with Crippen LogP contribution in [0.2, 0.25) is 0 Å². The van der Waals surface area contributed by atoms with Crippen molar-refractivity contribution in [3.05, 3.63) is 74.5 Å². The number of thiazole rings is 1. The normalized spacial score (nSPS) is 22.4. The summed E-state index contributed by atoms with van der Waals surface area (Å²) >= 11 is 2.31. The molecule has 3 heterocycles. The molecule has 2 amide bonds. The molecule has 0 aliphatic carbocycles. The van der Waals surface area contributed by atoms with Crippen molar-refractivity contribution in [1.82, 2.24) is 4.98 Å². The second kappa shape index (κ2) is 7.35. The van der Waals surface area contributed by atoms with Crippen LogP contribution in [0.15, 0.2) is 58.4 Å². The first-order valence-corrected chi connectivity index (χ1v) is 11.3. The minimum Gasteiger partial charge on any atom is -0.378 e. The Morgan fingerprint density at radius 2 is 1.65 bits per heavy atom. The first-order valence-electron chi connectivity index (χ1n) is 9.65. The maximum absolute atomic E-state index is 13.5. The highest BCUT2D eigenvalue weighted by atomic mass is 32.2. The van der Waals surface area contributed by atoms with E-state index in [-0.39, 0.29) is 16.7 Å². The highest BCUT2D eigenvalue weighted by Gasteiger charge is 2.56. The van der Waals surface area contributed by atoms with E-state index in [0.29, 0.717) is 10.7 Å². The third-order valence-electron chi connectivity index (χ3n) is 5.68.